The molecule has 2 aromatic carbocycles. The molecule has 5 nitrogen and oxygen atoms in total. The predicted molar refractivity (Wildman–Crippen MR) is 105 cm³/mol. The van der Waals surface area contributed by atoms with Crippen molar-refractivity contribution in [3.8, 4) is 5.75 Å². The number of methoxy groups -OCH3 is 1. The van der Waals surface area contributed by atoms with Crippen LogP contribution in [-0.2, 0) is 9.53 Å². The lowest BCUT2D eigenvalue weighted by Crippen LogP contribution is -2.36. The van der Waals surface area contributed by atoms with E-state index in [1.165, 1.54) is 6.08 Å². The van der Waals surface area contributed by atoms with E-state index in [4.69, 9.17) is 21.1 Å². The summed E-state index contributed by atoms with van der Waals surface area (Å²) in [5.74, 6) is 0.600. The summed E-state index contributed by atoms with van der Waals surface area (Å²) in [4.78, 5) is 14.3. The molecule has 3 rings (SSSR count). The Balaban J connectivity index is 1.72. The van der Waals surface area contributed by atoms with E-state index in [0.717, 1.165) is 30.1 Å². The normalized spacial score (nSPS) is 14.5. The van der Waals surface area contributed by atoms with Crippen molar-refractivity contribution in [3.63, 3.8) is 0 Å². The van der Waals surface area contributed by atoms with Crippen LogP contribution in [0, 0.1) is 0 Å². The Morgan fingerprint density at radius 3 is 2.77 bits per heavy atom. The predicted octanol–water partition coefficient (Wildman–Crippen LogP) is 3.84. The van der Waals surface area contributed by atoms with Crippen LogP contribution < -0.4 is 15.0 Å². The highest BCUT2D eigenvalue weighted by atomic mass is 35.5. The number of halogens is 1. The van der Waals surface area contributed by atoms with Gasteiger partial charge in [0.1, 0.15) is 5.75 Å². The van der Waals surface area contributed by atoms with Crippen LogP contribution >= 0.6 is 11.6 Å². The van der Waals surface area contributed by atoms with Gasteiger partial charge in [-0.3, -0.25) is 4.79 Å². The third-order valence-corrected chi connectivity index (χ3v) is 4.31. The number of hydrogen-bond donors (Lipinski definition) is 1. The van der Waals surface area contributed by atoms with Gasteiger partial charge in [-0.2, -0.15) is 0 Å². The molecular weight excluding hydrogens is 352 g/mol. The fourth-order valence-corrected chi connectivity index (χ4v) is 2.97. The molecule has 0 radical (unpaired) electrons. The maximum atomic E-state index is 12.1. The maximum Gasteiger partial charge on any atom is 0.248 e. The first-order chi connectivity index (χ1) is 12.7. The molecule has 1 amide bonds. The van der Waals surface area contributed by atoms with Crippen molar-refractivity contribution in [2.45, 2.75) is 0 Å². The van der Waals surface area contributed by atoms with Gasteiger partial charge in [-0.25, -0.2) is 0 Å². The van der Waals surface area contributed by atoms with E-state index in [0.29, 0.717) is 23.9 Å². The number of morpholine rings is 1. The molecule has 0 unspecified atom stereocenters. The van der Waals surface area contributed by atoms with E-state index in [1.54, 1.807) is 37.5 Å². The number of benzene rings is 2. The third-order valence-electron chi connectivity index (χ3n) is 4.07. The van der Waals surface area contributed by atoms with Gasteiger partial charge >= 0.3 is 0 Å². The average Bonchev–Trinajstić information content (AvgIpc) is 2.67. The van der Waals surface area contributed by atoms with Crippen LogP contribution in [0.15, 0.2) is 48.5 Å². The molecule has 1 fully saturated rings. The van der Waals surface area contributed by atoms with Crippen LogP contribution in [0.4, 0.5) is 11.4 Å². The zero-order valence-corrected chi connectivity index (χ0v) is 15.3. The molecule has 0 atom stereocenters. The monoisotopic (exact) mass is 372 g/mol. The molecule has 0 spiro atoms. The molecule has 0 aliphatic carbocycles. The van der Waals surface area contributed by atoms with Gasteiger partial charge in [0, 0.05) is 29.9 Å². The number of ether oxygens (including phenoxy) is 2. The molecule has 136 valence electrons. The highest BCUT2D eigenvalue weighted by Crippen LogP contribution is 2.30. The fraction of sp³-hybridized carbons (Fsp3) is 0.250. The van der Waals surface area contributed by atoms with E-state index >= 15 is 0 Å². The van der Waals surface area contributed by atoms with E-state index in [-0.39, 0.29) is 5.91 Å². The summed E-state index contributed by atoms with van der Waals surface area (Å²) >= 11 is 5.93. The summed E-state index contributed by atoms with van der Waals surface area (Å²) in [5.41, 5.74) is 2.60. The molecule has 1 saturated heterocycles. The van der Waals surface area contributed by atoms with Crippen molar-refractivity contribution in [3.05, 3.63) is 59.1 Å². The first-order valence-corrected chi connectivity index (χ1v) is 8.79. The number of rotatable bonds is 5. The Kier molecular flexibility index (Phi) is 6.15. The van der Waals surface area contributed by atoms with Crippen molar-refractivity contribution >= 4 is 35.0 Å². The molecular formula is C20H21ClN2O3. The summed E-state index contributed by atoms with van der Waals surface area (Å²) in [6.07, 6.45) is 3.29. The molecule has 1 N–H and O–H groups in total. The highest BCUT2D eigenvalue weighted by Gasteiger charge is 2.15. The Morgan fingerprint density at radius 1 is 1.23 bits per heavy atom. The van der Waals surface area contributed by atoms with Gasteiger partial charge in [-0.15, -0.1) is 0 Å². The van der Waals surface area contributed by atoms with Crippen LogP contribution in [-0.4, -0.2) is 39.3 Å². The lowest BCUT2D eigenvalue weighted by molar-refractivity contribution is -0.111. The first kappa shape index (κ1) is 18.3. The van der Waals surface area contributed by atoms with Crippen molar-refractivity contribution in [1.82, 2.24) is 0 Å². The van der Waals surface area contributed by atoms with Gasteiger partial charge in [-0.05, 0) is 42.0 Å². The number of carbonyl (C=O) groups excluding carboxylic acids is 1. The molecule has 6 heteroatoms. The Morgan fingerprint density at radius 2 is 2.04 bits per heavy atom. The maximum absolute atomic E-state index is 12.1. The Hall–Kier alpha value is -2.50. The zero-order chi connectivity index (χ0) is 18.4. The molecule has 2 aromatic rings. The summed E-state index contributed by atoms with van der Waals surface area (Å²) in [6, 6.07) is 12.9. The smallest absolute Gasteiger partial charge is 0.248 e. The topological polar surface area (TPSA) is 50.8 Å². The second-order valence-corrected chi connectivity index (χ2v) is 6.30. The number of nitrogens with zero attached hydrogens (tertiary/aromatic N) is 1. The summed E-state index contributed by atoms with van der Waals surface area (Å²) in [5, 5.41) is 3.37. The molecule has 1 aliphatic rings. The van der Waals surface area contributed by atoms with Crippen molar-refractivity contribution < 1.29 is 14.3 Å². The van der Waals surface area contributed by atoms with Gasteiger partial charge < -0.3 is 19.7 Å². The number of carbonyl (C=O) groups is 1. The molecule has 1 heterocycles. The summed E-state index contributed by atoms with van der Waals surface area (Å²) < 4.78 is 10.9. The molecule has 0 aromatic heterocycles. The zero-order valence-electron chi connectivity index (χ0n) is 14.6. The molecule has 1 aliphatic heterocycles. The lowest BCUT2D eigenvalue weighted by Gasteiger charge is -2.30. The number of amides is 1. The van der Waals surface area contributed by atoms with Crippen LogP contribution in [0.25, 0.3) is 6.08 Å². The Labute approximate surface area is 158 Å². The molecule has 26 heavy (non-hydrogen) atoms. The number of nitrogens with one attached hydrogen (secondary N) is 1. The number of anilines is 2. The minimum Gasteiger partial charge on any atom is -0.495 e. The van der Waals surface area contributed by atoms with E-state index in [1.807, 2.05) is 18.2 Å². The van der Waals surface area contributed by atoms with E-state index < -0.39 is 0 Å². The van der Waals surface area contributed by atoms with Gasteiger partial charge in [-0.1, -0.05) is 23.7 Å². The van der Waals surface area contributed by atoms with Crippen LogP contribution in [0.1, 0.15) is 5.56 Å². The minimum absolute atomic E-state index is 0.212. The Bertz CT molecular complexity index is 801. The van der Waals surface area contributed by atoms with Gasteiger partial charge in [0.05, 0.1) is 26.0 Å². The first-order valence-electron chi connectivity index (χ1n) is 8.41. The second-order valence-electron chi connectivity index (χ2n) is 5.86. The standard InChI is InChI=1S/C20H21ClN2O3/c1-25-19-7-5-15(13-18(19)23-9-11-26-12-10-23)6-8-20(24)22-17-4-2-3-16(21)14-17/h2-8,13-14H,9-12H2,1H3,(H,22,24)/b8-6+. The third kappa shape index (κ3) is 4.77. The van der Waals surface area contributed by atoms with E-state index in [9.17, 15) is 4.79 Å². The largest absolute Gasteiger partial charge is 0.495 e. The van der Waals surface area contributed by atoms with E-state index in [2.05, 4.69) is 10.2 Å². The molecule has 0 bridgehead atoms. The van der Waals surface area contributed by atoms with Gasteiger partial charge in [0.2, 0.25) is 5.91 Å². The van der Waals surface area contributed by atoms with Gasteiger partial charge in [0.15, 0.2) is 0 Å². The summed E-state index contributed by atoms with van der Waals surface area (Å²) in [6.45, 7) is 3.04. The fourth-order valence-electron chi connectivity index (χ4n) is 2.78. The SMILES string of the molecule is COc1ccc(/C=C/C(=O)Nc2cccc(Cl)c2)cc1N1CCOCC1. The highest BCUT2D eigenvalue weighted by molar-refractivity contribution is 6.30. The van der Waals surface area contributed by atoms with Crippen molar-refractivity contribution in [2.75, 3.05) is 43.6 Å². The molecule has 0 saturated carbocycles. The number of hydrogen-bond acceptors (Lipinski definition) is 4. The second kappa shape index (κ2) is 8.74. The van der Waals surface area contributed by atoms with Crippen molar-refractivity contribution in [2.24, 2.45) is 0 Å². The van der Waals surface area contributed by atoms with Crippen LogP contribution in [0.2, 0.25) is 5.02 Å². The lowest BCUT2D eigenvalue weighted by atomic mass is 10.1. The van der Waals surface area contributed by atoms with Crippen molar-refractivity contribution in [1.29, 1.82) is 0 Å². The van der Waals surface area contributed by atoms with Crippen LogP contribution in [0.3, 0.4) is 0 Å². The quantitative estimate of drug-likeness (QED) is 0.810. The summed E-state index contributed by atoms with van der Waals surface area (Å²) in [7, 11) is 1.66. The minimum atomic E-state index is -0.212. The van der Waals surface area contributed by atoms with Gasteiger partial charge in [0.25, 0.3) is 0 Å². The van der Waals surface area contributed by atoms with Crippen LogP contribution in [0.5, 0.6) is 5.75 Å². The average molecular weight is 373 g/mol.